The van der Waals surface area contributed by atoms with E-state index in [-0.39, 0.29) is 59.6 Å². The Labute approximate surface area is 192 Å². The second kappa shape index (κ2) is 9.37. The van der Waals surface area contributed by atoms with Crippen molar-refractivity contribution in [2.75, 3.05) is 56.4 Å². The highest BCUT2D eigenvalue weighted by atomic mass is 19.3. The third-order valence-corrected chi connectivity index (χ3v) is 5.55. The maximum atomic E-state index is 15.1. The molecular weight excluding hydrogens is 456 g/mol. The number of nitrogens with one attached hydrogen (secondary N) is 4. The summed E-state index contributed by atoms with van der Waals surface area (Å²) in [4.78, 5) is 10.2. The average Bonchev–Trinajstić information content (AvgIpc) is 3.14. The number of fused-ring (bicyclic) bond motifs is 1. The molecule has 1 atom stereocenters. The number of nitrogens with zero attached hydrogens (tertiary/aromatic N) is 6. The van der Waals surface area contributed by atoms with Crippen molar-refractivity contribution in [1.82, 2.24) is 24.5 Å². The molecule has 0 spiro atoms. The maximum absolute atomic E-state index is 15.1. The van der Waals surface area contributed by atoms with Crippen molar-refractivity contribution in [3.05, 3.63) is 24.1 Å². The fourth-order valence-corrected chi connectivity index (χ4v) is 3.95. The second-order valence-electron chi connectivity index (χ2n) is 7.96. The van der Waals surface area contributed by atoms with Crippen LogP contribution in [0, 0.1) is 11.3 Å². The van der Waals surface area contributed by atoms with Crippen LogP contribution in [0.5, 0.6) is 0 Å². The van der Waals surface area contributed by atoms with Gasteiger partial charge in [0, 0.05) is 20.1 Å². The summed E-state index contributed by atoms with van der Waals surface area (Å²) in [6.07, 6.45) is 1.29. The summed E-state index contributed by atoms with van der Waals surface area (Å²) in [7, 11) is 3.20. The number of hydrogen-bond donors (Lipinski definition) is 4. The Hall–Kier alpha value is -3.55. The number of alkyl halides is 3. The Morgan fingerprint density at radius 3 is 2.74 bits per heavy atom. The van der Waals surface area contributed by atoms with Gasteiger partial charge >= 0.3 is 0 Å². The van der Waals surface area contributed by atoms with E-state index in [2.05, 4.69) is 36.1 Å². The van der Waals surface area contributed by atoms with Crippen molar-refractivity contribution in [2.24, 2.45) is 5.11 Å². The second-order valence-corrected chi connectivity index (χ2v) is 7.96. The summed E-state index contributed by atoms with van der Waals surface area (Å²) in [6.45, 7) is -0.628. The fourth-order valence-electron chi connectivity index (χ4n) is 3.95. The number of likely N-dealkylation sites (tertiary alicyclic amines) is 1. The lowest BCUT2D eigenvalue weighted by Gasteiger charge is -2.36. The molecule has 0 unspecified atom stereocenters. The molecule has 4 rings (SSSR count). The predicted octanol–water partition coefficient (Wildman–Crippen LogP) is 3.77. The molecule has 3 aromatic heterocycles. The van der Waals surface area contributed by atoms with E-state index < -0.39 is 24.5 Å². The van der Waals surface area contributed by atoms with Gasteiger partial charge in [-0.25, -0.2) is 32.6 Å². The van der Waals surface area contributed by atoms with Gasteiger partial charge < -0.3 is 20.9 Å². The van der Waals surface area contributed by atoms with E-state index >= 15 is 4.39 Å². The van der Waals surface area contributed by atoms with Crippen LogP contribution in [-0.4, -0.2) is 76.9 Å². The molecule has 0 radical (unpaired) electrons. The first-order valence-electron chi connectivity index (χ1n) is 10.6. The molecule has 0 aromatic carbocycles. The first-order chi connectivity index (χ1) is 16.3. The maximum Gasteiger partial charge on any atom is 0.280 e. The molecule has 4 N–H and O–H groups in total. The lowest BCUT2D eigenvalue weighted by Crippen LogP contribution is -2.53. The van der Waals surface area contributed by atoms with Gasteiger partial charge in [-0.3, -0.25) is 0 Å². The first-order valence-corrected chi connectivity index (χ1v) is 10.6. The highest BCUT2D eigenvalue weighted by Gasteiger charge is 2.44. The summed E-state index contributed by atoms with van der Waals surface area (Å²) in [5, 5.41) is 15.8. The van der Waals surface area contributed by atoms with E-state index in [1.165, 1.54) is 16.6 Å². The monoisotopic (exact) mass is 480 g/mol. The van der Waals surface area contributed by atoms with E-state index in [4.69, 9.17) is 5.53 Å². The Balaban J connectivity index is 1.75. The normalized spacial score (nSPS) is 18.1. The standard InChI is InChI=1S/C20H24F4N10/c1-26-18-16-15(12-3-4-13(31-25)17(28-12)27-7-6-21)11(22)9-34(16)32-19(30-18)29-14-5-8-33(2)10-20(14,23)24/h3-4,9,14,25H,5-8,10H2,1-2H3,(H,27,28)(H2,26,29,30,32)/t14-/m1/s1. The number of anilines is 3. The van der Waals surface area contributed by atoms with Gasteiger partial charge in [-0.1, -0.05) is 0 Å². The summed E-state index contributed by atoms with van der Waals surface area (Å²) in [6, 6.07) is 1.76. The molecule has 4 heterocycles. The van der Waals surface area contributed by atoms with Crippen LogP contribution in [0.4, 0.5) is 40.8 Å². The Bertz CT molecular complexity index is 1200. The Morgan fingerprint density at radius 2 is 2.06 bits per heavy atom. The van der Waals surface area contributed by atoms with Crippen LogP contribution in [0.25, 0.3) is 16.8 Å². The van der Waals surface area contributed by atoms with E-state index in [9.17, 15) is 13.2 Å². The van der Waals surface area contributed by atoms with Gasteiger partial charge in [0.1, 0.15) is 17.9 Å². The molecule has 34 heavy (non-hydrogen) atoms. The number of piperidine rings is 1. The molecule has 0 saturated carbocycles. The van der Waals surface area contributed by atoms with Crippen LogP contribution < -0.4 is 16.0 Å². The number of halogens is 4. The van der Waals surface area contributed by atoms with Gasteiger partial charge in [-0.15, -0.1) is 5.10 Å². The van der Waals surface area contributed by atoms with E-state index in [1.807, 2.05) is 0 Å². The van der Waals surface area contributed by atoms with Gasteiger partial charge in [0.25, 0.3) is 5.92 Å². The van der Waals surface area contributed by atoms with Gasteiger partial charge in [-0.05, 0) is 25.6 Å². The van der Waals surface area contributed by atoms with Gasteiger partial charge in [-0.2, -0.15) is 10.1 Å². The van der Waals surface area contributed by atoms with Gasteiger partial charge in [0.2, 0.25) is 5.95 Å². The molecule has 0 amide bonds. The molecule has 1 fully saturated rings. The molecule has 0 aliphatic carbocycles. The Kier molecular flexibility index (Phi) is 6.50. The molecule has 0 bridgehead atoms. The number of aromatic nitrogens is 4. The zero-order valence-corrected chi connectivity index (χ0v) is 18.5. The smallest absolute Gasteiger partial charge is 0.280 e. The Morgan fingerprint density at radius 1 is 1.26 bits per heavy atom. The SMILES string of the molecule is CNc1nc(N[C@@H]2CCN(C)CC2(F)F)nn2cc(F)c(-c3ccc(N=N)c(NCCF)n3)c12. The zero-order valence-electron chi connectivity index (χ0n) is 18.5. The van der Waals surface area contributed by atoms with Crippen molar-refractivity contribution >= 4 is 28.8 Å². The zero-order chi connectivity index (χ0) is 24.5. The summed E-state index contributed by atoms with van der Waals surface area (Å²) in [5.74, 6) is -3.42. The highest BCUT2D eigenvalue weighted by Crippen LogP contribution is 2.35. The largest absolute Gasteiger partial charge is 0.371 e. The average molecular weight is 480 g/mol. The van der Waals surface area contributed by atoms with Crippen molar-refractivity contribution < 1.29 is 17.6 Å². The molecule has 10 nitrogen and oxygen atoms in total. The predicted molar refractivity (Wildman–Crippen MR) is 119 cm³/mol. The minimum Gasteiger partial charge on any atom is -0.371 e. The van der Waals surface area contributed by atoms with Crippen molar-refractivity contribution in [1.29, 1.82) is 5.53 Å². The minimum absolute atomic E-state index is 0.0559. The molecular formula is C20H24F4N10. The fraction of sp³-hybridized carbons (Fsp3) is 0.450. The van der Waals surface area contributed by atoms with Crippen LogP contribution >= 0.6 is 0 Å². The number of hydrogen-bond acceptors (Lipinski definition) is 9. The summed E-state index contributed by atoms with van der Waals surface area (Å²) >= 11 is 0. The molecule has 14 heteroatoms. The van der Waals surface area contributed by atoms with Crippen LogP contribution in [-0.2, 0) is 0 Å². The van der Waals surface area contributed by atoms with Crippen molar-refractivity contribution in [3.63, 3.8) is 0 Å². The van der Waals surface area contributed by atoms with Crippen LogP contribution in [0.3, 0.4) is 0 Å². The summed E-state index contributed by atoms with van der Waals surface area (Å²) in [5.41, 5.74) is 7.88. The molecule has 3 aromatic rings. The lowest BCUT2D eigenvalue weighted by molar-refractivity contribution is -0.0675. The number of pyridine rings is 1. The van der Waals surface area contributed by atoms with E-state index in [0.717, 1.165) is 6.20 Å². The van der Waals surface area contributed by atoms with E-state index in [0.29, 0.717) is 6.54 Å². The van der Waals surface area contributed by atoms with Crippen LogP contribution in [0.1, 0.15) is 6.42 Å². The first kappa shape index (κ1) is 23.6. The van der Waals surface area contributed by atoms with Crippen molar-refractivity contribution in [3.8, 4) is 11.3 Å². The third kappa shape index (κ3) is 4.44. The molecule has 1 aliphatic rings. The highest BCUT2D eigenvalue weighted by molar-refractivity contribution is 5.88. The van der Waals surface area contributed by atoms with Crippen LogP contribution in [0.15, 0.2) is 23.4 Å². The van der Waals surface area contributed by atoms with Crippen molar-refractivity contribution in [2.45, 2.75) is 18.4 Å². The van der Waals surface area contributed by atoms with E-state index in [1.54, 1.807) is 19.0 Å². The topological polar surface area (TPSA) is 119 Å². The van der Waals surface area contributed by atoms with Crippen LogP contribution in [0.2, 0.25) is 0 Å². The number of rotatable bonds is 8. The minimum atomic E-state index is -2.99. The lowest BCUT2D eigenvalue weighted by atomic mass is 10.0. The quantitative estimate of drug-likeness (QED) is 0.286. The summed E-state index contributed by atoms with van der Waals surface area (Å²) < 4.78 is 57.9. The molecule has 1 saturated heterocycles. The third-order valence-electron chi connectivity index (χ3n) is 5.55. The van der Waals surface area contributed by atoms with Gasteiger partial charge in [0.05, 0.1) is 30.0 Å². The molecule has 182 valence electrons. The van der Waals surface area contributed by atoms with Gasteiger partial charge in [0.15, 0.2) is 17.5 Å². The molecule has 1 aliphatic heterocycles.